The molecule has 1 aromatic carbocycles. The molecule has 0 atom stereocenters. The molecular formula is C12H13ClN4O2. The largest absolute Gasteiger partial charge is 0.337 e. The fourth-order valence-electron chi connectivity index (χ4n) is 1.39. The highest BCUT2D eigenvalue weighted by Gasteiger charge is 2.12. The lowest BCUT2D eigenvalue weighted by molar-refractivity contribution is 0.215. The topological polar surface area (TPSA) is 71.3 Å². The Kier molecular flexibility index (Phi) is 4.01. The lowest BCUT2D eigenvalue weighted by Crippen LogP contribution is -2.33. The second-order valence-corrected chi connectivity index (χ2v) is 4.45. The van der Waals surface area contributed by atoms with Crippen molar-refractivity contribution in [3.05, 3.63) is 35.2 Å². The molecule has 0 saturated carbocycles. The van der Waals surface area contributed by atoms with Gasteiger partial charge in [0.25, 0.3) is 0 Å². The highest BCUT2D eigenvalue weighted by Crippen LogP contribution is 2.24. The van der Waals surface area contributed by atoms with Crippen molar-refractivity contribution >= 4 is 17.6 Å². The molecule has 0 aliphatic heterocycles. The van der Waals surface area contributed by atoms with Gasteiger partial charge in [0.1, 0.15) is 0 Å². The highest BCUT2D eigenvalue weighted by molar-refractivity contribution is 6.33. The van der Waals surface area contributed by atoms with E-state index >= 15 is 0 Å². The van der Waals surface area contributed by atoms with Gasteiger partial charge in [-0.15, -0.1) is 0 Å². The maximum Gasteiger partial charge on any atom is 0.317 e. The van der Waals surface area contributed by atoms with Gasteiger partial charge in [-0.1, -0.05) is 28.9 Å². The van der Waals surface area contributed by atoms with Gasteiger partial charge in [0.2, 0.25) is 11.7 Å². The van der Waals surface area contributed by atoms with Gasteiger partial charge in [-0.25, -0.2) is 4.79 Å². The van der Waals surface area contributed by atoms with Crippen molar-refractivity contribution in [3.63, 3.8) is 0 Å². The predicted octanol–water partition coefficient (Wildman–Crippen LogP) is 2.16. The molecule has 2 rings (SSSR count). The zero-order valence-corrected chi connectivity index (χ0v) is 11.3. The zero-order chi connectivity index (χ0) is 13.8. The van der Waals surface area contributed by atoms with E-state index in [0.717, 1.165) is 0 Å². The molecule has 19 heavy (non-hydrogen) atoms. The van der Waals surface area contributed by atoms with E-state index in [1.165, 1.54) is 4.90 Å². The minimum absolute atomic E-state index is 0.175. The number of halogens is 1. The summed E-state index contributed by atoms with van der Waals surface area (Å²) in [5.41, 5.74) is 0.693. The van der Waals surface area contributed by atoms with Crippen molar-refractivity contribution in [2.24, 2.45) is 0 Å². The first-order chi connectivity index (χ1) is 9.08. The molecule has 7 heteroatoms. The molecule has 1 heterocycles. The Morgan fingerprint density at radius 3 is 2.84 bits per heavy atom. The maximum atomic E-state index is 11.4. The number of benzene rings is 1. The number of amides is 2. The van der Waals surface area contributed by atoms with E-state index in [9.17, 15) is 4.79 Å². The molecule has 6 nitrogen and oxygen atoms in total. The van der Waals surface area contributed by atoms with Crippen LogP contribution in [0.25, 0.3) is 11.4 Å². The molecule has 0 saturated heterocycles. The third kappa shape index (κ3) is 3.23. The molecule has 100 valence electrons. The van der Waals surface area contributed by atoms with Gasteiger partial charge in [0.15, 0.2) is 0 Å². The van der Waals surface area contributed by atoms with Crippen LogP contribution >= 0.6 is 11.6 Å². The summed E-state index contributed by atoms with van der Waals surface area (Å²) in [4.78, 5) is 17.0. The van der Waals surface area contributed by atoms with E-state index in [1.54, 1.807) is 26.2 Å². The molecule has 1 N–H and O–H groups in total. The Morgan fingerprint density at radius 1 is 1.42 bits per heavy atom. The number of nitrogens with zero attached hydrogens (tertiary/aromatic N) is 3. The van der Waals surface area contributed by atoms with E-state index in [2.05, 4.69) is 15.5 Å². The molecule has 0 aliphatic rings. The molecular weight excluding hydrogens is 268 g/mol. The quantitative estimate of drug-likeness (QED) is 0.935. The van der Waals surface area contributed by atoms with Crippen LogP contribution in [0.3, 0.4) is 0 Å². The minimum atomic E-state index is -0.225. The Balaban J connectivity index is 2.08. The Hall–Kier alpha value is -2.08. The van der Waals surface area contributed by atoms with Crippen molar-refractivity contribution < 1.29 is 9.32 Å². The first-order valence-electron chi connectivity index (χ1n) is 5.60. The molecule has 1 aromatic heterocycles. The van der Waals surface area contributed by atoms with Crippen LogP contribution in [0.15, 0.2) is 28.8 Å². The molecule has 2 amide bonds. The fraction of sp³-hybridized carbons (Fsp3) is 0.250. The summed E-state index contributed by atoms with van der Waals surface area (Å²) in [6.45, 7) is 0.175. The third-order valence-electron chi connectivity index (χ3n) is 2.38. The summed E-state index contributed by atoms with van der Waals surface area (Å²) in [6, 6.07) is 6.99. The summed E-state index contributed by atoms with van der Waals surface area (Å²) in [6.07, 6.45) is 0. The molecule has 2 aromatic rings. The van der Waals surface area contributed by atoms with Gasteiger partial charge in [0.05, 0.1) is 11.6 Å². The zero-order valence-electron chi connectivity index (χ0n) is 10.6. The lowest BCUT2D eigenvalue weighted by atomic mass is 10.2. The first kappa shape index (κ1) is 13.4. The molecule has 0 unspecified atom stereocenters. The van der Waals surface area contributed by atoms with Crippen LogP contribution < -0.4 is 5.32 Å². The number of urea groups is 1. The smallest absolute Gasteiger partial charge is 0.317 e. The van der Waals surface area contributed by atoms with E-state index < -0.39 is 0 Å². The number of hydrogen-bond donors (Lipinski definition) is 1. The van der Waals surface area contributed by atoms with Crippen LogP contribution in [0.1, 0.15) is 5.89 Å². The van der Waals surface area contributed by atoms with Crippen LogP contribution in [0.5, 0.6) is 0 Å². The summed E-state index contributed by atoms with van der Waals surface area (Å²) in [5, 5.41) is 7.02. The Labute approximate surface area is 115 Å². The van der Waals surface area contributed by atoms with Crippen LogP contribution in [-0.2, 0) is 6.54 Å². The average Bonchev–Trinajstić information content (AvgIpc) is 2.85. The number of hydrogen-bond acceptors (Lipinski definition) is 4. The van der Waals surface area contributed by atoms with Crippen molar-refractivity contribution in [2.45, 2.75) is 6.54 Å². The van der Waals surface area contributed by atoms with Gasteiger partial charge >= 0.3 is 6.03 Å². The fourth-order valence-corrected chi connectivity index (χ4v) is 1.61. The average molecular weight is 281 g/mol. The van der Waals surface area contributed by atoms with Gasteiger partial charge in [-0.2, -0.15) is 4.98 Å². The normalized spacial score (nSPS) is 10.3. The molecule has 0 bridgehead atoms. The van der Waals surface area contributed by atoms with Crippen molar-refractivity contribution in [3.8, 4) is 11.4 Å². The highest BCUT2D eigenvalue weighted by atomic mass is 35.5. The van der Waals surface area contributed by atoms with E-state index in [1.807, 2.05) is 12.1 Å². The van der Waals surface area contributed by atoms with Crippen LogP contribution in [0.4, 0.5) is 4.79 Å². The van der Waals surface area contributed by atoms with Gasteiger partial charge in [-0.3, -0.25) is 0 Å². The second-order valence-electron chi connectivity index (χ2n) is 4.04. The molecule has 0 spiro atoms. The van der Waals surface area contributed by atoms with E-state index in [-0.39, 0.29) is 12.6 Å². The summed E-state index contributed by atoms with van der Waals surface area (Å²) >= 11 is 6.04. The Bertz CT molecular complexity index is 583. The van der Waals surface area contributed by atoms with Crippen molar-refractivity contribution in [1.82, 2.24) is 20.4 Å². The standard InChI is InChI=1S/C12H13ClN4O2/c1-17(2)12(18)14-7-10-15-11(16-19-10)8-5-3-4-6-9(8)13/h3-6H,7H2,1-2H3,(H,14,18). The maximum absolute atomic E-state index is 11.4. The Morgan fingerprint density at radius 2 is 2.16 bits per heavy atom. The third-order valence-corrected chi connectivity index (χ3v) is 2.71. The van der Waals surface area contributed by atoms with Crippen LogP contribution in [0, 0.1) is 0 Å². The number of aromatic nitrogens is 2. The van der Waals surface area contributed by atoms with Gasteiger partial charge < -0.3 is 14.7 Å². The van der Waals surface area contributed by atoms with Gasteiger partial charge in [0, 0.05) is 19.7 Å². The molecule has 0 aliphatic carbocycles. The summed E-state index contributed by atoms with van der Waals surface area (Å²) in [7, 11) is 3.30. The van der Waals surface area contributed by atoms with Crippen molar-refractivity contribution in [1.29, 1.82) is 0 Å². The lowest BCUT2D eigenvalue weighted by Gasteiger charge is -2.09. The van der Waals surface area contributed by atoms with Crippen LogP contribution in [-0.4, -0.2) is 35.2 Å². The van der Waals surface area contributed by atoms with E-state index in [0.29, 0.717) is 22.3 Å². The summed E-state index contributed by atoms with van der Waals surface area (Å²) < 4.78 is 5.05. The number of rotatable bonds is 3. The number of carbonyl (C=O) groups excluding carboxylic acids is 1. The SMILES string of the molecule is CN(C)C(=O)NCc1nc(-c2ccccc2Cl)no1. The molecule has 0 radical (unpaired) electrons. The summed E-state index contributed by atoms with van der Waals surface area (Å²) in [5.74, 6) is 0.727. The number of nitrogens with one attached hydrogen (secondary N) is 1. The van der Waals surface area contributed by atoms with Crippen molar-refractivity contribution in [2.75, 3.05) is 14.1 Å². The molecule has 0 fully saturated rings. The first-order valence-corrected chi connectivity index (χ1v) is 5.98. The predicted molar refractivity (Wildman–Crippen MR) is 70.7 cm³/mol. The second kappa shape index (κ2) is 5.71. The van der Waals surface area contributed by atoms with Crippen LogP contribution in [0.2, 0.25) is 5.02 Å². The van der Waals surface area contributed by atoms with E-state index in [4.69, 9.17) is 16.1 Å². The van der Waals surface area contributed by atoms with Gasteiger partial charge in [-0.05, 0) is 12.1 Å². The minimum Gasteiger partial charge on any atom is -0.337 e. The monoisotopic (exact) mass is 280 g/mol. The number of carbonyl (C=O) groups is 1.